The van der Waals surface area contributed by atoms with Crippen LogP contribution >= 0.6 is 22.9 Å². The van der Waals surface area contributed by atoms with Gasteiger partial charge in [-0.2, -0.15) is 0 Å². The molecule has 0 aliphatic rings. The number of ether oxygens (including phenoxy) is 1. The van der Waals surface area contributed by atoms with Gasteiger partial charge in [0.25, 0.3) is 10.0 Å². The number of rotatable bonds is 8. The third kappa shape index (κ3) is 5.61. The number of hydrogen-bond donors (Lipinski definition) is 1. The molecular formula is C24H21ClN4O4S2. The van der Waals surface area contributed by atoms with Crippen LogP contribution in [0.15, 0.2) is 77.7 Å². The number of carbonyl (C=O) groups is 1. The lowest BCUT2D eigenvalue weighted by molar-refractivity contribution is -0.114. The zero-order valence-corrected chi connectivity index (χ0v) is 21.2. The summed E-state index contributed by atoms with van der Waals surface area (Å²) in [6.07, 6.45) is 0. The molecule has 180 valence electrons. The SMILES string of the molecule is COc1ccc(Cl)cc1N(CC(=O)Nc1nnc(-c2ccc(C)cc2)s1)S(=O)(=O)c1ccccc1. The molecule has 1 aromatic heterocycles. The highest BCUT2D eigenvalue weighted by Crippen LogP contribution is 2.35. The van der Waals surface area contributed by atoms with E-state index >= 15 is 0 Å². The molecule has 8 nitrogen and oxygen atoms in total. The van der Waals surface area contributed by atoms with Gasteiger partial charge in [-0.1, -0.05) is 71.0 Å². The van der Waals surface area contributed by atoms with Crippen molar-refractivity contribution in [2.24, 2.45) is 0 Å². The largest absolute Gasteiger partial charge is 0.495 e. The van der Waals surface area contributed by atoms with E-state index in [1.54, 1.807) is 30.3 Å². The molecule has 1 amide bonds. The molecule has 0 radical (unpaired) electrons. The number of sulfonamides is 1. The van der Waals surface area contributed by atoms with Gasteiger partial charge < -0.3 is 4.74 Å². The maximum Gasteiger partial charge on any atom is 0.264 e. The first-order chi connectivity index (χ1) is 16.8. The van der Waals surface area contributed by atoms with Crippen LogP contribution in [0.3, 0.4) is 0 Å². The topological polar surface area (TPSA) is 101 Å². The summed E-state index contributed by atoms with van der Waals surface area (Å²) in [6.45, 7) is 1.45. The van der Waals surface area contributed by atoms with E-state index < -0.39 is 22.5 Å². The molecule has 0 spiro atoms. The van der Waals surface area contributed by atoms with Gasteiger partial charge in [-0.25, -0.2) is 8.42 Å². The van der Waals surface area contributed by atoms with Gasteiger partial charge in [-0.3, -0.25) is 14.4 Å². The number of aromatic nitrogens is 2. The number of hydrogen-bond acceptors (Lipinski definition) is 7. The predicted molar refractivity (Wildman–Crippen MR) is 138 cm³/mol. The number of anilines is 2. The minimum atomic E-state index is -4.13. The standard InChI is InChI=1S/C24H21ClN4O4S2/c1-16-8-10-17(11-9-16)23-27-28-24(34-23)26-22(30)15-29(20-14-18(25)12-13-21(20)33-2)35(31,32)19-6-4-3-5-7-19/h3-14H,15H2,1-2H3,(H,26,28,30). The number of aryl methyl sites for hydroxylation is 1. The fourth-order valence-corrected chi connectivity index (χ4v) is 5.63. The summed E-state index contributed by atoms with van der Waals surface area (Å²) in [6, 6.07) is 20.1. The van der Waals surface area contributed by atoms with Crippen molar-refractivity contribution in [1.82, 2.24) is 10.2 Å². The highest BCUT2D eigenvalue weighted by atomic mass is 35.5. The van der Waals surface area contributed by atoms with Crippen LogP contribution in [0, 0.1) is 6.92 Å². The second-order valence-electron chi connectivity index (χ2n) is 7.47. The van der Waals surface area contributed by atoms with Gasteiger partial charge in [0, 0.05) is 10.6 Å². The van der Waals surface area contributed by atoms with E-state index in [9.17, 15) is 13.2 Å². The van der Waals surface area contributed by atoms with Gasteiger partial charge >= 0.3 is 0 Å². The van der Waals surface area contributed by atoms with Crippen LogP contribution in [-0.4, -0.2) is 38.2 Å². The van der Waals surface area contributed by atoms with Gasteiger partial charge in [0.2, 0.25) is 11.0 Å². The lowest BCUT2D eigenvalue weighted by Crippen LogP contribution is -2.38. The average molecular weight is 529 g/mol. The molecule has 0 saturated carbocycles. The monoisotopic (exact) mass is 528 g/mol. The number of methoxy groups -OCH3 is 1. The zero-order chi connectivity index (χ0) is 25.0. The fraction of sp³-hybridized carbons (Fsp3) is 0.125. The second-order valence-corrected chi connectivity index (χ2v) is 10.7. The Morgan fingerprint density at radius 1 is 1.06 bits per heavy atom. The van der Waals surface area contributed by atoms with Crippen molar-refractivity contribution >= 4 is 49.7 Å². The van der Waals surface area contributed by atoms with Crippen LogP contribution in [-0.2, 0) is 14.8 Å². The van der Waals surface area contributed by atoms with E-state index in [1.165, 1.54) is 36.6 Å². The van der Waals surface area contributed by atoms with E-state index in [-0.39, 0.29) is 21.5 Å². The smallest absolute Gasteiger partial charge is 0.264 e. The van der Waals surface area contributed by atoms with E-state index in [4.69, 9.17) is 16.3 Å². The highest BCUT2D eigenvalue weighted by molar-refractivity contribution is 7.92. The highest BCUT2D eigenvalue weighted by Gasteiger charge is 2.30. The van der Waals surface area contributed by atoms with Crippen molar-refractivity contribution < 1.29 is 17.9 Å². The van der Waals surface area contributed by atoms with Crippen molar-refractivity contribution in [2.75, 3.05) is 23.3 Å². The number of carbonyl (C=O) groups excluding carboxylic acids is 1. The van der Waals surface area contributed by atoms with Crippen molar-refractivity contribution in [2.45, 2.75) is 11.8 Å². The van der Waals surface area contributed by atoms with E-state index in [2.05, 4.69) is 15.5 Å². The Kier molecular flexibility index (Phi) is 7.34. The van der Waals surface area contributed by atoms with Crippen LogP contribution in [0.1, 0.15) is 5.56 Å². The molecule has 3 aromatic carbocycles. The van der Waals surface area contributed by atoms with Crippen LogP contribution in [0.4, 0.5) is 10.8 Å². The summed E-state index contributed by atoms with van der Waals surface area (Å²) in [5.41, 5.74) is 2.12. The van der Waals surface area contributed by atoms with Crippen LogP contribution < -0.4 is 14.4 Å². The molecule has 4 aromatic rings. The van der Waals surface area contributed by atoms with Gasteiger partial charge in [0.15, 0.2) is 0 Å². The molecule has 0 atom stereocenters. The number of nitrogens with zero attached hydrogens (tertiary/aromatic N) is 3. The average Bonchev–Trinajstić information content (AvgIpc) is 3.31. The third-order valence-electron chi connectivity index (χ3n) is 5.00. The molecule has 0 unspecified atom stereocenters. The fourth-order valence-electron chi connectivity index (χ4n) is 3.25. The molecule has 35 heavy (non-hydrogen) atoms. The molecule has 1 N–H and O–H groups in total. The second kappa shape index (κ2) is 10.4. The summed E-state index contributed by atoms with van der Waals surface area (Å²) in [5, 5.41) is 12.0. The summed E-state index contributed by atoms with van der Waals surface area (Å²) < 4.78 is 33.4. The maximum absolute atomic E-state index is 13.5. The first kappa shape index (κ1) is 24.6. The Hall–Kier alpha value is -3.47. The molecule has 11 heteroatoms. The summed E-state index contributed by atoms with van der Waals surface area (Å²) in [5.74, 6) is -0.350. The summed E-state index contributed by atoms with van der Waals surface area (Å²) >= 11 is 7.35. The van der Waals surface area contributed by atoms with Crippen molar-refractivity contribution in [3.63, 3.8) is 0 Å². The molecule has 0 saturated heterocycles. The Morgan fingerprint density at radius 3 is 2.46 bits per heavy atom. The Morgan fingerprint density at radius 2 is 1.77 bits per heavy atom. The molecule has 0 fully saturated rings. The van der Waals surface area contributed by atoms with E-state index in [0.29, 0.717) is 10.0 Å². The minimum Gasteiger partial charge on any atom is -0.495 e. The number of halogens is 1. The van der Waals surface area contributed by atoms with Crippen LogP contribution in [0.5, 0.6) is 5.75 Å². The molecule has 0 bridgehead atoms. The minimum absolute atomic E-state index is 0.0207. The van der Waals surface area contributed by atoms with E-state index in [1.807, 2.05) is 31.2 Å². The summed E-state index contributed by atoms with van der Waals surface area (Å²) in [7, 11) is -2.72. The molecule has 0 aliphatic heterocycles. The Bertz CT molecular complexity index is 1440. The summed E-state index contributed by atoms with van der Waals surface area (Å²) in [4.78, 5) is 13.0. The van der Waals surface area contributed by atoms with Crippen LogP contribution in [0.25, 0.3) is 10.6 Å². The lowest BCUT2D eigenvalue weighted by Gasteiger charge is -2.25. The first-order valence-electron chi connectivity index (χ1n) is 10.4. The Labute approximate surface area is 212 Å². The van der Waals surface area contributed by atoms with Gasteiger partial charge in [-0.05, 0) is 37.3 Å². The van der Waals surface area contributed by atoms with Crippen molar-refractivity contribution in [3.05, 3.63) is 83.4 Å². The van der Waals surface area contributed by atoms with Crippen LogP contribution in [0.2, 0.25) is 5.02 Å². The number of amides is 1. The Balaban J connectivity index is 1.63. The number of nitrogens with one attached hydrogen (secondary N) is 1. The predicted octanol–water partition coefficient (Wildman–Crippen LogP) is 5.01. The quantitative estimate of drug-likeness (QED) is 0.345. The third-order valence-corrected chi connectivity index (χ3v) is 7.89. The molecule has 4 rings (SSSR count). The molecule has 0 aliphatic carbocycles. The molecular weight excluding hydrogens is 508 g/mol. The van der Waals surface area contributed by atoms with Gasteiger partial charge in [-0.15, -0.1) is 10.2 Å². The normalized spacial score (nSPS) is 11.2. The van der Waals surface area contributed by atoms with Gasteiger partial charge in [0.05, 0.1) is 17.7 Å². The maximum atomic E-state index is 13.5. The lowest BCUT2D eigenvalue weighted by atomic mass is 10.2. The van der Waals surface area contributed by atoms with E-state index in [0.717, 1.165) is 15.4 Å². The number of benzene rings is 3. The first-order valence-corrected chi connectivity index (χ1v) is 13.0. The van der Waals surface area contributed by atoms with Gasteiger partial charge in [0.1, 0.15) is 17.3 Å². The molecule has 1 heterocycles. The zero-order valence-electron chi connectivity index (χ0n) is 18.8. The van der Waals surface area contributed by atoms with Crippen molar-refractivity contribution in [1.29, 1.82) is 0 Å². The van der Waals surface area contributed by atoms with Crippen molar-refractivity contribution in [3.8, 4) is 16.3 Å².